The smallest absolute Gasteiger partial charge is 0.348 e. The van der Waals surface area contributed by atoms with Crippen molar-refractivity contribution in [3.8, 4) is 5.75 Å². The van der Waals surface area contributed by atoms with Gasteiger partial charge < -0.3 is 30.3 Å². The third-order valence-corrected chi connectivity index (χ3v) is 7.47. The topological polar surface area (TPSA) is 151 Å². The van der Waals surface area contributed by atoms with Gasteiger partial charge in [-0.05, 0) is 50.8 Å². The van der Waals surface area contributed by atoms with Gasteiger partial charge in [-0.1, -0.05) is 48.9 Å². The number of ether oxygens (including phenoxy) is 2. The van der Waals surface area contributed by atoms with Crippen LogP contribution in [-0.2, 0) is 30.3 Å². The van der Waals surface area contributed by atoms with E-state index in [-0.39, 0.29) is 23.7 Å². The highest BCUT2D eigenvalue weighted by molar-refractivity contribution is 6.00. The Morgan fingerprint density at radius 2 is 1.64 bits per heavy atom. The lowest BCUT2D eigenvalue weighted by atomic mass is 9.81. The molecule has 4 N–H and O–H groups in total. The van der Waals surface area contributed by atoms with E-state index >= 15 is 0 Å². The van der Waals surface area contributed by atoms with E-state index < -0.39 is 60.1 Å². The molecule has 39 heavy (non-hydrogen) atoms. The Morgan fingerprint density at radius 3 is 2.28 bits per heavy atom. The number of cyclic esters (lactones) is 2. The number of amides is 2. The van der Waals surface area contributed by atoms with Crippen molar-refractivity contribution in [3.05, 3.63) is 65.7 Å². The van der Waals surface area contributed by atoms with Gasteiger partial charge in [0.15, 0.2) is 0 Å². The van der Waals surface area contributed by atoms with Gasteiger partial charge in [-0.3, -0.25) is 14.4 Å². The van der Waals surface area contributed by atoms with Crippen LogP contribution in [0.5, 0.6) is 5.75 Å². The summed E-state index contributed by atoms with van der Waals surface area (Å²) in [4.78, 5) is 52.8. The highest BCUT2D eigenvalue weighted by Gasteiger charge is 2.43. The first-order valence-corrected chi connectivity index (χ1v) is 13.2. The lowest BCUT2D eigenvalue weighted by Gasteiger charge is -2.36. The first-order valence-electron chi connectivity index (χ1n) is 13.2. The number of aliphatic hydroxyl groups excluding tert-OH is 1. The number of nitrogens with one attached hydrogen (secondary N) is 2. The molecule has 1 aliphatic heterocycles. The van der Waals surface area contributed by atoms with E-state index in [0.29, 0.717) is 12.8 Å². The van der Waals surface area contributed by atoms with Crippen LogP contribution in [0.3, 0.4) is 0 Å². The van der Waals surface area contributed by atoms with Crippen LogP contribution in [0.4, 0.5) is 0 Å². The zero-order valence-corrected chi connectivity index (χ0v) is 21.9. The Balaban J connectivity index is 1.67. The number of phenols is 1. The number of phenolic OH excluding ortho intramolecular Hbond substituents is 1. The Hall–Kier alpha value is -3.92. The number of carbonyl (C=O) groups excluding carboxylic acids is 4. The van der Waals surface area contributed by atoms with Gasteiger partial charge in [0.25, 0.3) is 5.91 Å². The van der Waals surface area contributed by atoms with Crippen molar-refractivity contribution < 1.29 is 38.9 Å². The van der Waals surface area contributed by atoms with Crippen molar-refractivity contribution in [1.82, 2.24) is 10.6 Å². The van der Waals surface area contributed by atoms with Gasteiger partial charge in [-0.2, -0.15) is 0 Å². The molecule has 1 saturated carbocycles. The molecule has 6 atom stereocenters. The van der Waals surface area contributed by atoms with Crippen molar-refractivity contribution in [2.75, 3.05) is 0 Å². The van der Waals surface area contributed by atoms with Gasteiger partial charge in [0.1, 0.15) is 17.9 Å². The molecule has 10 heteroatoms. The number of para-hydroxylation sites is 1. The number of hydrogen-bond donors (Lipinski definition) is 4. The maximum atomic E-state index is 13.6. The molecule has 6 unspecified atom stereocenters. The fourth-order valence-corrected chi connectivity index (χ4v) is 4.80. The number of aromatic hydroxyl groups is 1. The van der Waals surface area contributed by atoms with E-state index in [1.54, 1.807) is 12.1 Å². The van der Waals surface area contributed by atoms with Crippen LogP contribution in [0, 0.1) is 11.8 Å². The quantitative estimate of drug-likeness (QED) is 0.421. The van der Waals surface area contributed by atoms with E-state index in [0.717, 1.165) is 12.0 Å². The van der Waals surface area contributed by atoms with Crippen molar-refractivity contribution in [2.45, 2.75) is 69.9 Å². The highest BCUT2D eigenvalue weighted by Crippen LogP contribution is 2.33. The third kappa shape index (κ3) is 6.57. The zero-order chi connectivity index (χ0) is 28.1. The molecule has 1 heterocycles. The molecule has 0 radical (unpaired) electrons. The Labute approximate surface area is 226 Å². The summed E-state index contributed by atoms with van der Waals surface area (Å²) in [5.41, 5.74) is 0.738. The normalized spacial score (nSPS) is 28.5. The van der Waals surface area contributed by atoms with Crippen molar-refractivity contribution >= 4 is 23.8 Å². The van der Waals surface area contributed by atoms with Gasteiger partial charge in [-0.15, -0.1) is 0 Å². The molecular weight excluding hydrogens is 504 g/mol. The van der Waals surface area contributed by atoms with Crippen LogP contribution in [0.15, 0.2) is 54.6 Å². The van der Waals surface area contributed by atoms with E-state index in [9.17, 15) is 29.4 Å². The first kappa shape index (κ1) is 28.1. The molecule has 1 aliphatic carbocycles. The molecule has 2 amide bonds. The van der Waals surface area contributed by atoms with Crippen molar-refractivity contribution in [3.63, 3.8) is 0 Å². The molecule has 2 aromatic rings. The summed E-state index contributed by atoms with van der Waals surface area (Å²) in [5, 5.41) is 26.7. The van der Waals surface area contributed by atoms with Crippen LogP contribution in [0.2, 0.25) is 0 Å². The van der Waals surface area contributed by atoms with E-state index in [4.69, 9.17) is 9.47 Å². The standard InChI is InChI=1S/C29H34N2O8/c1-16-24(33)21(15-18-9-4-3-5-10-18)30-27(35)23(31-26(34)20-13-6-7-14-22(20)32)17(2)38-29(37)25(39-28(16)36)19-11-8-12-19/h3-7,9-10,13-14,16-17,19,21,23-25,32-33H,8,11-12,15H2,1-2H3,(H,30,35)(H,31,34). The summed E-state index contributed by atoms with van der Waals surface area (Å²) in [5.74, 6) is -4.64. The summed E-state index contributed by atoms with van der Waals surface area (Å²) in [6, 6.07) is 12.7. The number of hydrogen-bond acceptors (Lipinski definition) is 8. The number of aliphatic hydroxyl groups is 1. The second kappa shape index (κ2) is 12.3. The molecular formula is C29H34N2O8. The lowest BCUT2D eigenvalue weighted by Crippen LogP contribution is -2.59. The van der Waals surface area contributed by atoms with Gasteiger partial charge >= 0.3 is 11.9 Å². The molecule has 1 saturated heterocycles. The highest BCUT2D eigenvalue weighted by atomic mass is 16.6. The summed E-state index contributed by atoms with van der Waals surface area (Å²) >= 11 is 0. The zero-order valence-electron chi connectivity index (χ0n) is 21.9. The lowest BCUT2D eigenvalue weighted by molar-refractivity contribution is -0.183. The maximum absolute atomic E-state index is 13.6. The van der Waals surface area contributed by atoms with Crippen LogP contribution >= 0.6 is 0 Å². The summed E-state index contributed by atoms with van der Waals surface area (Å²) in [6.45, 7) is 2.93. The van der Waals surface area contributed by atoms with Crippen LogP contribution in [0.1, 0.15) is 49.0 Å². The van der Waals surface area contributed by atoms with E-state index in [1.807, 2.05) is 30.3 Å². The predicted octanol–water partition coefficient (Wildman–Crippen LogP) is 1.87. The van der Waals surface area contributed by atoms with Gasteiger partial charge in [0.05, 0.1) is 23.6 Å². The minimum absolute atomic E-state index is 0.0642. The number of esters is 2. The minimum atomic E-state index is -1.38. The minimum Gasteiger partial charge on any atom is -0.507 e. The number of carbonyl (C=O) groups is 4. The maximum Gasteiger partial charge on any atom is 0.348 e. The third-order valence-electron chi connectivity index (χ3n) is 7.47. The molecule has 0 aromatic heterocycles. The van der Waals surface area contributed by atoms with Crippen LogP contribution in [0.25, 0.3) is 0 Å². The average Bonchev–Trinajstić information content (AvgIpc) is 2.89. The molecule has 2 aromatic carbocycles. The van der Waals surface area contributed by atoms with Gasteiger partial charge in [-0.25, -0.2) is 4.79 Å². The fraction of sp³-hybridized carbons (Fsp3) is 0.448. The SMILES string of the molecule is CC1OC(=O)C(C2CCC2)OC(=O)C(C)C(O)C(Cc2ccccc2)NC(=O)C1NC(=O)c1ccccc1O. The molecule has 208 valence electrons. The van der Waals surface area contributed by atoms with E-state index in [2.05, 4.69) is 10.6 Å². The monoisotopic (exact) mass is 538 g/mol. The fourth-order valence-electron chi connectivity index (χ4n) is 4.80. The second-order valence-corrected chi connectivity index (χ2v) is 10.2. The van der Waals surface area contributed by atoms with Crippen molar-refractivity contribution in [1.29, 1.82) is 0 Å². The molecule has 0 spiro atoms. The van der Waals surface area contributed by atoms with Crippen LogP contribution in [-0.4, -0.2) is 64.4 Å². The van der Waals surface area contributed by atoms with E-state index in [1.165, 1.54) is 26.0 Å². The Bertz CT molecular complexity index is 1200. The summed E-state index contributed by atoms with van der Waals surface area (Å²) in [7, 11) is 0. The first-order chi connectivity index (χ1) is 18.7. The molecule has 2 aliphatic rings. The number of benzene rings is 2. The molecule has 0 bridgehead atoms. The van der Waals surface area contributed by atoms with Gasteiger partial charge in [0, 0.05) is 5.92 Å². The summed E-state index contributed by atoms with van der Waals surface area (Å²) in [6.07, 6.45) is -1.31. The number of rotatable bonds is 5. The molecule has 2 fully saturated rings. The average molecular weight is 539 g/mol. The van der Waals surface area contributed by atoms with Crippen molar-refractivity contribution in [2.24, 2.45) is 11.8 Å². The largest absolute Gasteiger partial charge is 0.507 e. The van der Waals surface area contributed by atoms with Crippen LogP contribution < -0.4 is 10.6 Å². The van der Waals surface area contributed by atoms with Gasteiger partial charge in [0.2, 0.25) is 12.0 Å². The molecule has 10 nitrogen and oxygen atoms in total. The predicted molar refractivity (Wildman–Crippen MR) is 139 cm³/mol. The summed E-state index contributed by atoms with van der Waals surface area (Å²) < 4.78 is 11.2. The Kier molecular flexibility index (Phi) is 8.86. The second-order valence-electron chi connectivity index (χ2n) is 10.2. The molecule has 4 rings (SSSR count). The Morgan fingerprint density at radius 1 is 0.974 bits per heavy atom.